The predicted molar refractivity (Wildman–Crippen MR) is 260 cm³/mol. The zero-order valence-corrected chi connectivity index (χ0v) is 34.8. The molecule has 12 rings (SSSR count). The molecule has 296 valence electrons. The van der Waals surface area contributed by atoms with Crippen LogP contribution in [0.15, 0.2) is 211 Å². The molecule has 0 saturated heterocycles. The molecule has 0 spiro atoms. The van der Waals surface area contributed by atoms with Crippen LogP contribution >= 0.6 is 0 Å². The second-order valence-electron chi connectivity index (χ2n) is 17.3. The zero-order chi connectivity index (χ0) is 41.4. The van der Waals surface area contributed by atoms with Crippen molar-refractivity contribution in [1.29, 1.82) is 0 Å². The molecule has 2 heterocycles. The standard InChI is InChI=1S/C59H44N2O/c1-59(2)53-17-9-6-14-47(53)48-31-20-39(36-54(48)59)34-35-60(45-29-23-41(24-30-45)43-26-33-58-52(38-43)50-16-8-11-19-57(50)62-58)44-27-21-40(22-28-44)42-25-32-56-51(37-42)49-15-7-10-18-55(49)61(56)46-12-4-3-5-13-46/h3-33,36-38H,34-35H2,1-2H3. The molecule has 0 radical (unpaired) electrons. The Balaban J connectivity index is 0.893. The van der Waals surface area contributed by atoms with Crippen LogP contribution in [0.25, 0.3) is 82.8 Å². The molecule has 3 heteroatoms. The number of fused-ring (bicyclic) bond motifs is 9. The van der Waals surface area contributed by atoms with Crippen LogP contribution < -0.4 is 4.90 Å². The number of aromatic nitrogens is 1. The highest BCUT2D eigenvalue weighted by molar-refractivity contribution is 6.10. The third-order valence-electron chi connectivity index (χ3n) is 13.4. The van der Waals surface area contributed by atoms with Gasteiger partial charge in [-0.05, 0) is 129 Å². The summed E-state index contributed by atoms with van der Waals surface area (Å²) in [7, 11) is 0. The molecule has 11 aromatic rings. The fraction of sp³-hybridized carbons (Fsp3) is 0.0847. The number of hydrogen-bond donors (Lipinski definition) is 0. The Kier molecular flexibility index (Phi) is 8.33. The summed E-state index contributed by atoms with van der Waals surface area (Å²) < 4.78 is 8.52. The van der Waals surface area contributed by atoms with E-state index in [0.29, 0.717) is 0 Å². The second-order valence-corrected chi connectivity index (χ2v) is 17.3. The van der Waals surface area contributed by atoms with Gasteiger partial charge in [0.15, 0.2) is 0 Å². The van der Waals surface area contributed by atoms with Crippen LogP contribution in [0.4, 0.5) is 11.4 Å². The van der Waals surface area contributed by atoms with Crippen molar-refractivity contribution in [3.05, 3.63) is 223 Å². The monoisotopic (exact) mass is 796 g/mol. The number of para-hydroxylation sites is 3. The van der Waals surface area contributed by atoms with E-state index in [1.54, 1.807) is 0 Å². The normalized spacial score (nSPS) is 12.9. The predicted octanol–water partition coefficient (Wildman–Crippen LogP) is 15.7. The van der Waals surface area contributed by atoms with Gasteiger partial charge >= 0.3 is 0 Å². The van der Waals surface area contributed by atoms with Crippen molar-refractivity contribution in [3.63, 3.8) is 0 Å². The molecule has 0 fully saturated rings. The van der Waals surface area contributed by atoms with Crippen molar-refractivity contribution in [1.82, 2.24) is 4.57 Å². The molecule has 1 aliphatic carbocycles. The molecule has 0 saturated carbocycles. The summed E-state index contributed by atoms with van der Waals surface area (Å²) in [6.45, 7) is 5.56. The second kappa shape index (κ2) is 14.2. The van der Waals surface area contributed by atoms with E-state index >= 15 is 0 Å². The number of rotatable bonds is 8. The van der Waals surface area contributed by atoms with Crippen LogP contribution in [0.3, 0.4) is 0 Å². The average Bonchev–Trinajstić information content (AvgIpc) is 3.94. The Morgan fingerprint density at radius 1 is 0.435 bits per heavy atom. The van der Waals surface area contributed by atoms with Crippen molar-refractivity contribution >= 4 is 55.1 Å². The van der Waals surface area contributed by atoms with Gasteiger partial charge in [-0.25, -0.2) is 0 Å². The van der Waals surface area contributed by atoms with E-state index in [9.17, 15) is 0 Å². The Morgan fingerprint density at radius 2 is 1.02 bits per heavy atom. The maximum atomic E-state index is 6.14. The van der Waals surface area contributed by atoms with Gasteiger partial charge < -0.3 is 13.9 Å². The molecule has 0 bridgehead atoms. The Bertz CT molecular complexity index is 3480. The van der Waals surface area contributed by atoms with Gasteiger partial charge in [0.1, 0.15) is 11.2 Å². The van der Waals surface area contributed by atoms with Crippen molar-refractivity contribution < 1.29 is 4.42 Å². The third kappa shape index (κ3) is 5.88. The zero-order valence-electron chi connectivity index (χ0n) is 34.8. The van der Waals surface area contributed by atoms with Crippen LogP contribution in [-0.4, -0.2) is 11.1 Å². The first-order valence-electron chi connectivity index (χ1n) is 21.7. The minimum atomic E-state index is -0.0293. The van der Waals surface area contributed by atoms with Gasteiger partial charge in [0.2, 0.25) is 0 Å². The van der Waals surface area contributed by atoms with Gasteiger partial charge in [-0.2, -0.15) is 0 Å². The summed E-state index contributed by atoms with van der Waals surface area (Å²) in [4.78, 5) is 2.48. The number of nitrogens with zero attached hydrogens (tertiary/aromatic N) is 2. The van der Waals surface area contributed by atoms with Gasteiger partial charge in [0.25, 0.3) is 0 Å². The Labute approximate surface area is 361 Å². The summed E-state index contributed by atoms with van der Waals surface area (Å²) in [5, 5.41) is 4.81. The number of furan rings is 1. The lowest BCUT2D eigenvalue weighted by Crippen LogP contribution is -2.20. The molecule has 3 nitrogen and oxygen atoms in total. The number of benzene rings is 9. The van der Waals surface area contributed by atoms with Crippen molar-refractivity contribution in [3.8, 4) is 39.1 Å². The fourth-order valence-electron chi connectivity index (χ4n) is 10.1. The molecule has 0 atom stereocenters. The molecule has 1 aliphatic rings. The molecule has 0 N–H and O–H groups in total. The van der Waals surface area contributed by atoms with Crippen LogP contribution in [0, 0.1) is 0 Å². The Morgan fingerprint density at radius 3 is 1.79 bits per heavy atom. The quantitative estimate of drug-likeness (QED) is 0.153. The molecule has 0 amide bonds. The number of hydrogen-bond acceptors (Lipinski definition) is 2. The lowest BCUT2D eigenvalue weighted by molar-refractivity contribution is 0.659. The largest absolute Gasteiger partial charge is 0.456 e. The van der Waals surface area contributed by atoms with Gasteiger partial charge in [0.05, 0.1) is 11.0 Å². The van der Waals surface area contributed by atoms with Gasteiger partial charge in [0, 0.05) is 50.6 Å². The minimum Gasteiger partial charge on any atom is -0.456 e. The van der Waals surface area contributed by atoms with Crippen LogP contribution in [0.5, 0.6) is 0 Å². The van der Waals surface area contributed by atoms with E-state index in [1.807, 2.05) is 12.1 Å². The summed E-state index contributed by atoms with van der Waals surface area (Å²) in [6.07, 6.45) is 0.912. The highest BCUT2D eigenvalue weighted by Gasteiger charge is 2.35. The Hall–Kier alpha value is -7.62. The van der Waals surface area contributed by atoms with Crippen molar-refractivity contribution in [2.24, 2.45) is 0 Å². The van der Waals surface area contributed by atoms with E-state index in [0.717, 1.165) is 34.9 Å². The SMILES string of the molecule is CC1(C)c2ccccc2-c2ccc(CCN(c3ccc(-c4ccc5oc6ccccc6c5c4)cc3)c3ccc(-c4ccc5c(c4)c4ccccc4n5-c4ccccc4)cc3)cc21. The van der Waals surface area contributed by atoms with E-state index in [-0.39, 0.29) is 5.41 Å². The molecular weight excluding hydrogens is 753 g/mol. The highest BCUT2D eigenvalue weighted by Crippen LogP contribution is 2.49. The summed E-state index contributed by atoms with van der Waals surface area (Å²) in [5.41, 5.74) is 19.4. The number of anilines is 2. The summed E-state index contributed by atoms with van der Waals surface area (Å²) in [5.74, 6) is 0. The van der Waals surface area contributed by atoms with Crippen LogP contribution in [-0.2, 0) is 11.8 Å². The van der Waals surface area contributed by atoms with Crippen LogP contribution in [0.2, 0.25) is 0 Å². The van der Waals surface area contributed by atoms with E-state index in [2.05, 4.69) is 217 Å². The maximum Gasteiger partial charge on any atom is 0.135 e. The fourth-order valence-corrected chi connectivity index (χ4v) is 10.1. The van der Waals surface area contributed by atoms with Crippen LogP contribution in [0.1, 0.15) is 30.5 Å². The lowest BCUT2D eigenvalue weighted by Gasteiger charge is -2.26. The molecule has 9 aromatic carbocycles. The first kappa shape index (κ1) is 36.2. The van der Waals surface area contributed by atoms with Gasteiger partial charge in [-0.15, -0.1) is 0 Å². The van der Waals surface area contributed by atoms with E-state index in [4.69, 9.17) is 4.42 Å². The topological polar surface area (TPSA) is 21.3 Å². The smallest absolute Gasteiger partial charge is 0.135 e. The summed E-state index contributed by atoms with van der Waals surface area (Å²) >= 11 is 0. The first-order valence-corrected chi connectivity index (χ1v) is 21.7. The van der Waals surface area contributed by atoms with Gasteiger partial charge in [-0.3, -0.25) is 0 Å². The first-order chi connectivity index (χ1) is 30.5. The maximum absolute atomic E-state index is 6.14. The van der Waals surface area contributed by atoms with Crippen molar-refractivity contribution in [2.75, 3.05) is 11.4 Å². The average molecular weight is 797 g/mol. The van der Waals surface area contributed by atoms with E-state index in [1.165, 1.54) is 88.9 Å². The molecule has 2 aromatic heterocycles. The van der Waals surface area contributed by atoms with E-state index < -0.39 is 0 Å². The molecule has 0 unspecified atom stereocenters. The molecular formula is C59H44N2O. The molecule has 0 aliphatic heterocycles. The summed E-state index contributed by atoms with van der Waals surface area (Å²) in [6, 6.07) is 75.4. The molecule has 62 heavy (non-hydrogen) atoms. The van der Waals surface area contributed by atoms with Gasteiger partial charge in [-0.1, -0.05) is 147 Å². The highest BCUT2D eigenvalue weighted by atomic mass is 16.3. The third-order valence-corrected chi connectivity index (χ3v) is 13.4. The minimum absolute atomic E-state index is 0.0293. The van der Waals surface area contributed by atoms with Crippen molar-refractivity contribution in [2.45, 2.75) is 25.7 Å². The lowest BCUT2D eigenvalue weighted by atomic mass is 9.82.